The van der Waals surface area contributed by atoms with Crippen LogP contribution in [0.3, 0.4) is 0 Å². The molecular weight excluding hydrogens is 308 g/mol. The first kappa shape index (κ1) is 15.3. The Morgan fingerprint density at radius 3 is 3.00 bits per heavy atom. The van der Waals surface area contributed by atoms with Gasteiger partial charge < -0.3 is 4.98 Å². The number of aromatic nitrogens is 2. The predicted molar refractivity (Wildman–Crippen MR) is 89.7 cm³/mol. The molecule has 124 valence electrons. The molecule has 4 rings (SSSR count). The number of pyridine rings is 1. The van der Waals surface area contributed by atoms with E-state index in [0.29, 0.717) is 18.0 Å². The van der Waals surface area contributed by atoms with E-state index in [2.05, 4.69) is 20.9 Å². The number of benzene rings is 1. The van der Waals surface area contributed by atoms with Gasteiger partial charge in [-0.1, -0.05) is 0 Å². The van der Waals surface area contributed by atoms with Crippen LogP contribution in [0.15, 0.2) is 42.6 Å². The molecule has 1 saturated heterocycles. The topological polar surface area (TPSA) is 31.9 Å². The van der Waals surface area contributed by atoms with Crippen molar-refractivity contribution in [1.82, 2.24) is 14.9 Å². The summed E-state index contributed by atoms with van der Waals surface area (Å²) >= 11 is 0. The number of hydrogen-bond acceptors (Lipinski definition) is 2. The normalized spacial score (nSPS) is 19.0. The van der Waals surface area contributed by atoms with E-state index >= 15 is 0 Å². The minimum atomic E-state index is -0.387. The highest BCUT2D eigenvalue weighted by molar-refractivity contribution is 5.76. The van der Waals surface area contributed by atoms with Crippen LogP contribution in [0, 0.1) is 11.6 Å². The highest BCUT2D eigenvalue weighted by Crippen LogP contribution is 2.29. The number of likely N-dealkylation sites (tertiary alicyclic amines) is 1. The lowest BCUT2D eigenvalue weighted by Gasteiger charge is -2.32. The van der Waals surface area contributed by atoms with Crippen LogP contribution >= 0.6 is 0 Å². The number of H-pyrrole nitrogens is 1. The lowest BCUT2D eigenvalue weighted by atomic mass is 9.94. The summed E-state index contributed by atoms with van der Waals surface area (Å²) in [6.45, 7) is 2.19. The van der Waals surface area contributed by atoms with Gasteiger partial charge in [-0.3, -0.25) is 4.90 Å². The molecule has 0 unspecified atom stereocenters. The van der Waals surface area contributed by atoms with Gasteiger partial charge in [-0.2, -0.15) is 0 Å². The first-order valence-electron chi connectivity index (χ1n) is 8.29. The molecule has 0 radical (unpaired) electrons. The van der Waals surface area contributed by atoms with Crippen molar-refractivity contribution in [2.24, 2.45) is 0 Å². The van der Waals surface area contributed by atoms with E-state index in [1.165, 1.54) is 17.8 Å². The van der Waals surface area contributed by atoms with Crippen molar-refractivity contribution >= 4 is 11.0 Å². The standard InChI is InChI=1S/C19H19F2N3/c20-16-5-6-17(21)15(9-16)12-24-8-2-4-14(11-24)18-10-13-3-1-7-22-19(13)23-18/h1,3,5-7,9-10,14H,2,4,8,11-12H2,(H,22,23)/t14-/m0/s1. The van der Waals surface area contributed by atoms with E-state index in [1.807, 2.05) is 12.1 Å². The molecule has 24 heavy (non-hydrogen) atoms. The molecule has 1 aliphatic heterocycles. The van der Waals surface area contributed by atoms with E-state index < -0.39 is 0 Å². The number of aromatic amines is 1. The summed E-state index contributed by atoms with van der Waals surface area (Å²) < 4.78 is 27.2. The second-order valence-electron chi connectivity index (χ2n) is 6.48. The second-order valence-corrected chi connectivity index (χ2v) is 6.48. The number of hydrogen-bond donors (Lipinski definition) is 1. The minimum absolute atomic E-state index is 0.340. The maximum absolute atomic E-state index is 13.9. The zero-order valence-corrected chi connectivity index (χ0v) is 13.3. The summed E-state index contributed by atoms with van der Waals surface area (Å²) in [6, 6.07) is 9.79. The fraction of sp³-hybridized carbons (Fsp3) is 0.316. The Morgan fingerprint density at radius 1 is 1.21 bits per heavy atom. The number of halogens is 2. The lowest BCUT2D eigenvalue weighted by Crippen LogP contribution is -2.34. The highest BCUT2D eigenvalue weighted by Gasteiger charge is 2.23. The van der Waals surface area contributed by atoms with Crippen molar-refractivity contribution in [2.45, 2.75) is 25.3 Å². The van der Waals surface area contributed by atoms with Gasteiger partial charge in [-0.15, -0.1) is 0 Å². The summed E-state index contributed by atoms with van der Waals surface area (Å²) in [5.41, 5.74) is 2.50. The first-order valence-corrected chi connectivity index (χ1v) is 8.29. The molecule has 1 aromatic carbocycles. The second kappa shape index (κ2) is 6.32. The van der Waals surface area contributed by atoms with Crippen molar-refractivity contribution in [2.75, 3.05) is 13.1 Å². The van der Waals surface area contributed by atoms with Gasteiger partial charge >= 0.3 is 0 Å². The Balaban J connectivity index is 1.52. The maximum atomic E-state index is 13.9. The van der Waals surface area contributed by atoms with Crippen molar-refractivity contribution in [3.8, 4) is 0 Å². The molecule has 0 amide bonds. The van der Waals surface area contributed by atoms with Gasteiger partial charge in [0, 0.05) is 41.8 Å². The van der Waals surface area contributed by atoms with Crippen LogP contribution in [0.5, 0.6) is 0 Å². The molecule has 1 N–H and O–H groups in total. The van der Waals surface area contributed by atoms with E-state index in [-0.39, 0.29) is 11.6 Å². The van der Waals surface area contributed by atoms with Gasteiger partial charge in [0.1, 0.15) is 17.3 Å². The molecule has 1 atom stereocenters. The fourth-order valence-corrected chi connectivity index (χ4v) is 3.56. The number of piperidine rings is 1. The molecule has 0 saturated carbocycles. The largest absolute Gasteiger partial charge is 0.343 e. The molecule has 1 aliphatic rings. The van der Waals surface area contributed by atoms with E-state index in [9.17, 15) is 8.78 Å². The van der Waals surface area contributed by atoms with Crippen LogP contribution in [0.4, 0.5) is 8.78 Å². The third-order valence-corrected chi connectivity index (χ3v) is 4.76. The van der Waals surface area contributed by atoms with Gasteiger partial charge in [0.05, 0.1) is 0 Å². The van der Waals surface area contributed by atoms with Crippen molar-refractivity contribution < 1.29 is 8.78 Å². The van der Waals surface area contributed by atoms with Gasteiger partial charge in [-0.25, -0.2) is 13.8 Å². The smallest absolute Gasteiger partial charge is 0.137 e. The molecule has 1 fully saturated rings. The van der Waals surface area contributed by atoms with Crippen molar-refractivity contribution in [1.29, 1.82) is 0 Å². The Morgan fingerprint density at radius 2 is 2.12 bits per heavy atom. The van der Waals surface area contributed by atoms with Crippen LogP contribution < -0.4 is 0 Å². The van der Waals surface area contributed by atoms with Crippen LogP contribution in [0.2, 0.25) is 0 Å². The predicted octanol–water partition coefficient (Wildman–Crippen LogP) is 4.22. The molecule has 3 heterocycles. The monoisotopic (exact) mass is 327 g/mol. The van der Waals surface area contributed by atoms with E-state index in [4.69, 9.17) is 0 Å². The fourth-order valence-electron chi connectivity index (χ4n) is 3.56. The molecule has 5 heteroatoms. The highest BCUT2D eigenvalue weighted by atomic mass is 19.1. The van der Waals surface area contributed by atoms with Gasteiger partial charge in [-0.05, 0) is 55.8 Å². The lowest BCUT2D eigenvalue weighted by molar-refractivity contribution is 0.196. The number of rotatable bonds is 3. The zero-order valence-electron chi connectivity index (χ0n) is 13.3. The van der Waals surface area contributed by atoms with Gasteiger partial charge in [0.15, 0.2) is 0 Å². The van der Waals surface area contributed by atoms with Crippen LogP contribution in [-0.4, -0.2) is 28.0 Å². The summed E-state index contributed by atoms with van der Waals surface area (Å²) in [7, 11) is 0. The molecule has 3 nitrogen and oxygen atoms in total. The summed E-state index contributed by atoms with van der Waals surface area (Å²) in [4.78, 5) is 9.94. The van der Waals surface area contributed by atoms with Crippen LogP contribution in [0.1, 0.15) is 30.0 Å². The number of fused-ring (bicyclic) bond motifs is 1. The Hall–Kier alpha value is -2.27. The number of nitrogens with one attached hydrogen (secondary N) is 1. The summed E-state index contributed by atoms with van der Waals surface area (Å²) in [6.07, 6.45) is 3.92. The average Bonchev–Trinajstić information content (AvgIpc) is 3.03. The van der Waals surface area contributed by atoms with Crippen LogP contribution in [-0.2, 0) is 6.54 Å². The van der Waals surface area contributed by atoms with Crippen LogP contribution in [0.25, 0.3) is 11.0 Å². The molecular formula is C19H19F2N3. The maximum Gasteiger partial charge on any atom is 0.137 e. The SMILES string of the molecule is Fc1ccc(F)c(CN2CCC[C@H](c3cc4cccnc4[nH]3)C2)c1. The zero-order chi connectivity index (χ0) is 16.5. The molecule has 0 spiro atoms. The first-order chi connectivity index (χ1) is 11.7. The Kier molecular flexibility index (Phi) is 4.02. The molecule has 0 aliphatic carbocycles. The Bertz CT molecular complexity index is 826. The third kappa shape index (κ3) is 3.04. The quantitative estimate of drug-likeness (QED) is 0.781. The molecule has 0 bridgehead atoms. The third-order valence-electron chi connectivity index (χ3n) is 4.76. The van der Waals surface area contributed by atoms with Crippen molar-refractivity contribution in [3.05, 3.63) is 65.5 Å². The molecule has 3 aromatic rings. The van der Waals surface area contributed by atoms with Gasteiger partial charge in [0.25, 0.3) is 0 Å². The Labute approximate surface area is 139 Å². The van der Waals surface area contributed by atoms with E-state index in [1.54, 1.807) is 6.20 Å². The van der Waals surface area contributed by atoms with Gasteiger partial charge in [0.2, 0.25) is 0 Å². The summed E-state index contributed by atoms with van der Waals surface area (Å²) in [5.74, 6) is -0.362. The number of nitrogens with zero attached hydrogens (tertiary/aromatic N) is 2. The van der Waals surface area contributed by atoms with E-state index in [0.717, 1.165) is 43.0 Å². The molecule has 2 aromatic heterocycles. The van der Waals surface area contributed by atoms with Crippen molar-refractivity contribution in [3.63, 3.8) is 0 Å². The minimum Gasteiger partial charge on any atom is -0.343 e. The average molecular weight is 327 g/mol. The summed E-state index contributed by atoms with van der Waals surface area (Å²) in [5, 5.41) is 1.11.